The molecule has 5 heteroatoms. The fraction of sp³-hybridized carbons (Fsp3) is 0.222. The molecule has 1 amide bonds. The average Bonchev–Trinajstić information content (AvgIpc) is 3.25. The van der Waals surface area contributed by atoms with E-state index in [1.54, 1.807) is 11.3 Å². The van der Waals surface area contributed by atoms with Crippen LogP contribution in [-0.4, -0.2) is 29.1 Å². The lowest BCUT2D eigenvalue weighted by Crippen LogP contribution is -2.35. The fourth-order valence-electron chi connectivity index (χ4n) is 2.90. The molecule has 1 aliphatic heterocycles. The predicted octanol–water partition coefficient (Wildman–Crippen LogP) is 3.75. The predicted molar refractivity (Wildman–Crippen MR) is 91.2 cm³/mol. The van der Waals surface area contributed by atoms with Gasteiger partial charge in [-0.2, -0.15) is 0 Å². The number of aromatic nitrogens is 1. The van der Waals surface area contributed by atoms with Crippen molar-refractivity contribution in [1.29, 1.82) is 0 Å². The van der Waals surface area contributed by atoms with Crippen LogP contribution in [0.15, 0.2) is 52.4 Å². The van der Waals surface area contributed by atoms with E-state index in [1.165, 1.54) is 10.5 Å². The summed E-state index contributed by atoms with van der Waals surface area (Å²) in [5, 5.41) is 7.06. The SMILES string of the molecule is O=C(Cc1noc2ccccc12)N1CC=C(c2cccs2)CC1. The van der Waals surface area contributed by atoms with Crippen molar-refractivity contribution >= 4 is 33.8 Å². The summed E-state index contributed by atoms with van der Waals surface area (Å²) in [6.45, 7) is 1.43. The van der Waals surface area contributed by atoms with Crippen molar-refractivity contribution in [3.8, 4) is 0 Å². The van der Waals surface area contributed by atoms with E-state index in [0.29, 0.717) is 13.0 Å². The van der Waals surface area contributed by atoms with Crippen molar-refractivity contribution in [2.45, 2.75) is 12.8 Å². The van der Waals surface area contributed by atoms with Gasteiger partial charge in [-0.1, -0.05) is 29.4 Å². The highest BCUT2D eigenvalue weighted by Gasteiger charge is 2.20. The van der Waals surface area contributed by atoms with Gasteiger partial charge >= 0.3 is 0 Å². The van der Waals surface area contributed by atoms with E-state index < -0.39 is 0 Å². The molecule has 0 unspecified atom stereocenters. The van der Waals surface area contributed by atoms with Crippen LogP contribution in [0.1, 0.15) is 17.0 Å². The summed E-state index contributed by atoms with van der Waals surface area (Å²) in [6.07, 6.45) is 3.36. The van der Waals surface area contributed by atoms with Gasteiger partial charge < -0.3 is 9.42 Å². The molecule has 0 aliphatic carbocycles. The van der Waals surface area contributed by atoms with Gasteiger partial charge in [0.2, 0.25) is 5.91 Å². The van der Waals surface area contributed by atoms with E-state index in [4.69, 9.17) is 4.52 Å². The molecule has 0 saturated heterocycles. The van der Waals surface area contributed by atoms with Gasteiger partial charge in [-0.25, -0.2) is 0 Å². The van der Waals surface area contributed by atoms with Gasteiger partial charge in [0.25, 0.3) is 0 Å². The maximum absolute atomic E-state index is 12.5. The molecule has 0 atom stereocenters. The number of benzene rings is 1. The molecule has 0 radical (unpaired) electrons. The van der Waals surface area contributed by atoms with Gasteiger partial charge in [-0.15, -0.1) is 11.3 Å². The molecule has 0 fully saturated rings. The Hall–Kier alpha value is -2.40. The molecule has 116 valence electrons. The number of nitrogens with zero attached hydrogens (tertiary/aromatic N) is 2. The van der Waals surface area contributed by atoms with Gasteiger partial charge in [0, 0.05) is 23.4 Å². The van der Waals surface area contributed by atoms with Crippen molar-refractivity contribution < 1.29 is 9.32 Å². The molecular weight excluding hydrogens is 308 g/mol. The molecule has 0 bridgehead atoms. The van der Waals surface area contributed by atoms with Crippen LogP contribution in [0.3, 0.4) is 0 Å². The Bertz CT molecular complexity index is 864. The summed E-state index contributed by atoms with van der Waals surface area (Å²) in [6, 6.07) is 11.8. The van der Waals surface area contributed by atoms with Crippen LogP contribution in [0.25, 0.3) is 16.5 Å². The number of fused-ring (bicyclic) bond motifs is 1. The average molecular weight is 324 g/mol. The van der Waals surface area contributed by atoms with Crippen molar-refractivity contribution in [2.75, 3.05) is 13.1 Å². The van der Waals surface area contributed by atoms with Crippen molar-refractivity contribution in [2.24, 2.45) is 0 Å². The van der Waals surface area contributed by atoms with Crippen LogP contribution < -0.4 is 0 Å². The highest BCUT2D eigenvalue weighted by atomic mass is 32.1. The topological polar surface area (TPSA) is 46.3 Å². The molecule has 1 aromatic carbocycles. The first kappa shape index (κ1) is 14.2. The summed E-state index contributed by atoms with van der Waals surface area (Å²) in [5.41, 5.74) is 2.79. The van der Waals surface area contributed by atoms with Crippen LogP contribution >= 0.6 is 11.3 Å². The lowest BCUT2D eigenvalue weighted by atomic mass is 10.1. The maximum Gasteiger partial charge on any atom is 0.229 e. The Balaban J connectivity index is 1.46. The van der Waals surface area contributed by atoms with E-state index in [2.05, 4.69) is 28.7 Å². The number of thiophene rings is 1. The Labute approximate surface area is 138 Å². The molecule has 0 spiro atoms. The van der Waals surface area contributed by atoms with E-state index in [9.17, 15) is 4.79 Å². The quantitative estimate of drug-likeness (QED) is 0.737. The molecule has 2 aromatic heterocycles. The normalized spacial score (nSPS) is 15.0. The fourth-order valence-corrected chi connectivity index (χ4v) is 3.70. The zero-order valence-corrected chi connectivity index (χ0v) is 13.4. The molecular formula is C18H16N2O2S. The van der Waals surface area contributed by atoms with E-state index in [1.807, 2.05) is 29.2 Å². The largest absolute Gasteiger partial charge is 0.356 e. The Morgan fingerprint density at radius 3 is 2.96 bits per heavy atom. The molecule has 4 rings (SSSR count). The third kappa shape index (κ3) is 2.80. The van der Waals surface area contributed by atoms with Gasteiger partial charge in [-0.05, 0) is 35.6 Å². The van der Waals surface area contributed by atoms with E-state index in [-0.39, 0.29) is 5.91 Å². The maximum atomic E-state index is 12.5. The van der Waals surface area contributed by atoms with Crippen molar-refractivity contribution in [1.82, 2.24) is 10.1 Å². The second-order valence-corrected chi connectivity index (χ2v) is 6.55. The smallest absolute Gasteiger partial charge is 0.229 e. The van der Waals surface area contributed by atoms with Crippen molar-refractivity contribution in [3.05, 3.63) is 58.4 Å². The van der Waals surface area contributed by atoms with Gasteiger partial charge in [0.1, 0.15) is 5.69 Å². The summed E-state index contributed by atoms with van der Waals surface area (Å²) >= 11 is 1.75. The Morgan fingerprint density at radius 2 is 2.17 bits per heavy atom. The summed E-state index contributed by atoms with van der Waals surface area (Å²) in [4.78, 5) is 15.7. The lowest BCUT2D eigenvalue weighted by Gasteiger charge is -2.26. The number of rotatable bonds is 3. The minimum atomic E-state index is 0.102. The minimum Gasteiger partial charge on any atom is -0.356 e. The van der Waals surface area contributed by atoms with Crippen molar-refractivity contribution in [3.63, 3.8) is 0 Å². The second kappa shape index (κ2) is 6.01. The molecule has 0 saturated carbocycles. The Kier molecular flexibility index (Phi) is 3.71. The third-order valence-corrected chi connectivity index (χ3v) is 5.12. The zero-order chi connectivity index (χ0) is 15.6. The van der Waals surface area contributed by atoms with Crippen LogP contribution in [0.4, 0.5) is 0 Å². The Morgan fingerprint density at radius 1 is 1.26 bits per heavy atom. The first-order chi connectivity index (χ1) is 11.3. The van der Waals surface area contributed by atoms with Crippen LogP contribution in [0.2, 0.25) is 0 Å². The molecule has 23 heavy (non-hydrogen) atoms. The van der Waals surface area contributed by atoms with E-state index >= 15 is 0 Å². The van der Waals surface area contributed by atoms with Gasteiger partial charge in [-0.3, -0.25) is 4.79 Å². The lowest BCUT2D eigenvalue weighted by molar-refractivity contribution is -0.130. The first-order valence-electron chi connectivity index (χ1n) is 7.65. The monoisotopic (exact) mass is 324 g/mol. The summed E-state index contributed by atoms with van der Waals surface area (Å²) in [5.74, 6) is 0.102. The highest BCUT2D eigenvalue weighted by molar-refractivity contribution is 7.11. The van der Waals surface area contributed by atoms with Crippen LogP contribution in [0, 0.1) is 0 Å². The molecule has 3 aromatic rings. The van der Waals surface area contributed by atoms with Gasteiger partial charge in [0.05, 0.1) is 6.42 Å². The number of carbonyl (C=O) groups excluding carboxylic acids is 1. The number of hydrogen-bond donors (Lipinski definition) is 0. The third-order valence-electron chi connectivity index (χ3n) is 4.17. The number of hydrogen-bond acceptors (Lipinski definition) is 4. The number of para-hydroxylation sites is 1. The molecule has 4 nitrogen and oxygen atoms in total. The standard InChI is InChI=1S/C18H16N2O2S/c21-18(12-15-14-4-1-2-5-16(14)22-19-15)20-9-7-13(8-10-20)17-6-3-11-23-17/h1-7,11H,8-10,12H2. The molecule has 1 aliphatic rings. The number of amides is 1. The summed E-state index contributed by atoms with van der Waals surface area (Å²) in [7, 11) is 0. The number of carbonyl (C=O) groups is 1. The molecule has 3 heterocycles. The minimum absolute atomic E-state index is 0.102. The van der Waals surface area contributed by atoms with Gasteiger partial charge in [0.15, 0.2) is 5.58 Å². The van der Waals surface area contributed by atoms with E-state index in [0.717, 1.165) is 29.6 Å². The zero-order valence-electron chi connectivity index (χ0n) is 12.6. The highest BCUT2D eigenvalue weighted by Crippen LogP contribution is 2.26. The molecule has 0 N–H and O–H groups in total. The van der Waals surface area contributed by atoms with Crippen LogP contribution in [0.5, 0.6) is 0 Å². The van der Waals surface area contributed by atoms with Crippen LogP contribution in [-0.2, 0) is 11.2 Å². The second-order valence-electron chi connectivity index (χ2n) is 5.60. The summed E-state index contributed by atoms with van der Waals surface area (Å²) < 4.78 is 5.27. The first-order valence-corrected chi connectivity index (χ1v) is 8.53.